The minimum Gasteiger partial charge on any atom is -0.383 e. The normalized spacial score (nSPS) is 11.2. The van der Waals surface area contributed by atoms with Gasteiger partial charge in [-0.1, -0.05) is 27.2 Å². The van der Waals surface area contributed by atoms with Gasteiger partial charge < -0.3 is 20.9 Å². The summed E-state index contributed by atoms with van der Waals surface area (Å²) in [6, 6.07) is 0. The number of nitrogens with zero attached hydrogens (tertiary/aromatic N) is 2. The number of aromatic nitrogens is 2. The first-order chi connectivity index (χ1) is 12.2. The molecule has 0 saturated carbocycles. The molecule has 0 fully saturated rings. The van der Waals surface area contributed by atoms with E-state index in [1.807, 2.05) is 13.8 Å². The summed E-state index contributed by atoms with van der Waals surface area (Å²) in [5, 5.41) is 3.64. The predicted octanol–water partition coefficient (Wildman–Crippen LogP) is -0.600. The molecule has 0 spiro atoms. The van der Waals surface area contributed by atoms with E-state index in [2.05, 4.69) is 31.3 Å². The molecule has 0 saturated heterocycles. The summed E-state index contributed by atoms with van der Waals surface area (Å²) in [6.07, 6.45) is 1.80. The van der Waals surface area contributed by atoms with Gasteiger partial charge in [0.05, 0.1) is 27.2 Å². The minimum atomic E-state index is -0.508. The Kier molecular flexibility index (Phi) is 8.80. The molecule has 9 heteroatoms. The molecule has 1 heterocycles. The number of likely N-dealkylation sites (N-methyl/N-ethyl adjacent to an activating group) is 1. The molecular formula is C17H33N6O2S+. The molecule has 0 aromatic carbocycles. The van der Waals surface area contributed by atoms with Gasteiger partial charge in [-0.05, 0) is 24.6 Å². The molecule has 1 rings (SSSR count). The van der Waals surface area contributed by atoms with Gasteiger partial charge in [-0.25, -0.2) is 4.79 Å². The lowest BCUT2D eigenvalue weighted by molar-refractivity contribution is -0.856. The van der Waals surface area contributed by atoms with Gasteiger partial charge in [0.2, 0.25) is 0 Å². The average molecular weight is 386 g/mol. The summed E-state index contributed by atoms with van der Waals surface area (Å²) in [4.78, 5) is 30.1. The second kappa shape index (κ2) is 10.3. The van der Waals surface area contributed by atoms with Gasteiger partial charge in [-0.2, -0.15) is 0 Å². The molecule has 5 N–H and O–H groups in total. The van der Waals surface area contributed by atoms with E-state index >= 15 is 0 Å². The number of H-pyrrole nitrogens is 1. The van der Waals surface area contributed by atoms with Crippen molar-refractivity contribution < 1.29 is 4.90 Å². The Morgan fingerprint density at radius 3 is 2.58 bits per heavy atom. The molecule has 0 aliphatic rings. The van der Waals surface area contributed by atoms with Crippen LogP contribution in [0, 0.1) is 5.92 Å². The van der Waals surface area contributed by atoms with Crippen LogP contribution in [0.25, 0.3) is 0 Å². The fourth-order valence-corrected chi connectivity index (χ4v) is 2.82. The highest BCUT2D eigenvalue weighted by molar-refractivity contribution is 7.80. The van der Waals surface area contributed by atoms with Crippen LogP contribution in [0.1, 0.15) is 33.6 Å². The lowest BCUT2D eigenvalue weighted by atomic mass is 10.2. The van der Waals surface area contributed by atoms with Crippen LogP contribution < -0.4 is 32.1 Å². The van der Waals surface area contributed by atoms with E-state index in [-0.39, 0.29) is 17.4 Å². The maximum atomic E-state index is 12.5. The molecule has 0 radical (unpaired) electrons. The van der Waals surface area contributed by atoms with Crippen LogP contribution in [0.2, 0.25) is 0 Å². The molecule has 8 nitrogen and oxygen atoms in total. The maximum absolute atomic E-state index is 12.5. The Hall–Kier alpha value is -1.87. The van der Waals surface area contributed by atoms with Crippen LogP contribution in [0.5, 0.6) is 0 Å². The third-order valence-electron chi connectivity index (χ3n) is 3.91. The number of rotatable bonds is 9. The Morgan fingerprint density at radius 1 is 1.38 bits per heavy atom. The fourth-order valence-electron chi connectivity index (χ4n) is 2.53. The van der Waals surface area contributed by atoms with Crippen LogP contribution >= 0.6 is 12.2 Å². The first-order valence-corrected chi connectivity index (χ1v) is 9.56. The third-order valence-corrected chi connectivity index (χ3v) is 4.28. The van der Waals surface area contributed by atoms with Crippen molar-refractivity contribution in [3.63, 3.8) is 0 Å². The minimum absolute atomic E-state index is 0.158. The second-order valence-electron chi connectivity index (χ2n) is 7.19. The number of aromatic amines is 1. The summed E-state index contributed by atoms with van der Waals surface area (Å²) in [7, 11) is 4.12. The molecule has 0 amide bonds. The van der Waals surface area contributed by atoms with Crippen molar-refractivity contribution in [3.8, 4) is 0 Å². The van der Waals surface area contributed by atoms with Crippen LogP contribution in [-0.4, -0.2) is 48.4 Å². The summed E-state index contributed by atoms with van der Waals surface area (Å²) >= 11 is 5.52. The van der Waals surface area contributed by atoms with Crippen molar-refractivity contribution >= 4 is 28.8 Å². The van der Waals surface area contributed by atoms with Gasteiger partial charge in [0.1, 0.15) is 5.82 Å². The Labute approximate surface area is 160 Å². The second-order valence-corrected chi connectivity index (χ2v) is 7.58. The van der Waals surface area contributed by atoms with Gasteiger partial charge in [0.15, 0.2) is 10.8 Å². The number of anilines is 2. The van der Waals surface area contributed by atoms with Gasteiger partial charge in [-0.15, -0.1) is 0 Å². The molecule has 0 aliphatic heterocycles. The lowest BCUT2D eigenvalue weighted by Gasteiger charge is -2.27. The topological polar surface area (TPSA) is 101 Å². The van der Waals surface area contributed by atoms with Crippen LogP contribution in [0.15, 0.2) is 9.59 Å². The first-order valence-electron chi connectivity index (χ1n) is 9.16. The van der Waals surface area contributed by atoms with Crippen molar-refractivity contribution in [1.82, 2.24) is 14.9 Å². The zero-order chi connectivity index (χ0) is 19.9. The fraction of sp³-hybridized carbons (Fsp3) is 0.706. The largest absolute Gasteiger partial charge is 0.383 e. The van der Waals surface area contributed by atoms with Crippen LogP contribution in [0.3, 0.4) is 0 Å². The molecule has 1 aromatic heterocycles. The first kappa shape index (κ1) is 22.2. The number of unbranched alkanes of at least 4 members (excludes halogenated alkanes) is 1. The zero-order valence-electron chi connectivity index (χ0n) is 16.5. The van der Waals surface area contributed by atoms with Crippen molar-refractivity contribution in [1.29, 1.82) is 0 Å². The van der Waals surface area contributed by atoms with Crippen LogP contribution in [0.4, 0.5) is 11.5 Å². The molecule has 0 unspecified atom stereocenters. The Balaban J connectivity index is 3.26. The van der Waals surface area contributed by atoms with Gasteiger partial charge in [0.25, 0.3) is 5.56 Å². The highest BCUT2D eigenvalue weighted by Crippen LogP contribution is 2.18. The number of hydrogen-bond acceptors (Lipinski definition) is 4. The van der Waals surface area contributed by atoms with Gasteiger partial charge >= 0.3 is 5.69 Å². The molecule has 0 atom stereocenters. The summed E-state index contributed by atoms with van der Waals surface area (Å²) in [6.45, 7) is 8.61. The molecule has 0 bridgehead atoms. The Morgan fingerprint density at radius 2 is 2.04 bits per heavy atom. The molecule has 0 aliphatic carbocycles. The predicted molar refractivity (Wildman–Crippen MR) is 111 cm³/mol. The van der Waals surface area contributed by atoms with E-state index in [1.165, 1.54) is 9.47 Å². The maximum Gasteiger partial charge on any atom is 0.330 e. The van der Waals surface area contributed by atoms with Crippen molar-refractivity contribution in [2.75, 3.05) is 44.4 Å². The SMILES string of the molecule is CCCCN(C(=S)NCC[NH+](C)C)c1c(N)n(CC(C)C)c(=O)[nH]c1=O. The molecular weight excluding hydrogens is 352 g/mol. The molecule has 1 aromatic rings. The standard InChI is InChI=1S/C17H32N6O2S/c1-6-7-9-22(17(26)19-8-10-21(4)5)13-14(18)23(11-12(2)3)16(25)20-15(13)24/h12H,6-11,18H2,1-5H3,(H,19,26)(H,20,24,25)/p+1. The molecule has 26 heavy (non-hydrogen) atoms. The van der Waals surface area contributed by atoms with E-state index in [1.54, 1.807) is 4.90 Å². The van der Waals surface area contributed by atoms with E-state index < -0.39 is 11.2 Å². The van der Waals surface area contributed by atoms with Gasteiger partial charge in [-0.3, -0.25) is 14.3 Å². The van der Waals surface area contributed by atoms with Crippen LogP contribution in [-0.2, 0) is 6.54 Å². The number of nitrogens with one attached hydrogen (secondary N) is 3. The van der Waals surface area contributed by atoms with Gasteiger partial charge in [0, 0.05) is 13.1 Å². The Bertz CT molecular complexity index is 710. The van der Waals surface area contributed by atoms with E-state index in [0.29, 0.717) is 24.7 Å². The number of quaternary nitrogens is 1. The number of thiocarbonyl (C=S) groups is 1. The van der Waals surface area contributed by atoms with Crippen molar-refractivity contribution in [3.05, 3.63) is 20.8 Å². The summed E-state index contributed by atoms with van der Waals surface area (Å²) in [5.74, 6) is 0.372. The average Bonchev–Trinajstić information content (AvgIpc) is 2.53. The van der Waals surface area contributed by atoms with E-state index in [0.717, 1.165) is 19.4 Å². The van der Waals surface area contributed by atoms with Crippen molar-refractivity contribution in [2.24, 2.45) is 5.92 Å². The number of nitrogens with two attached hydrogens (primary N) is 1. The lowest BCUT2D eigenvalue weighted by Crippen LogP contribution is -3.06. The van der Waals surface area contributed by atoms with Crippen molar-refractivity contribution in [2.45, 2.75) is 40.2 Å². The zero-order valence-corrected chi connectivity index (χ0v) is 17.3. The number of hydrogen-bond donors (Lipinski definition) is 4. The molecule has 148 valence electrons. The highest BCUT2D eigenvalue weighted by atomic mass is 32.1. The smallest absolute Gasteiger partial charge is 0.330 e. The van der Waals surface area contributed by atoms with E-state index in [9.17, 15) is 9.59 Å². The summed E-state index contributed by atoms with van der Waals surface area (Å²) < 4.78 is 1.41. The highest BCUT2D eigenvalue weighted by Gasteiger charge is 2.22. The summed E-state index contributed by atoms with van der Waals surface area (Å²) in [5.41, 5.74) is 5.48. The third kappa shape index (κ3) is 6.14. The van der Waals surface area contributed by atoms with E-state index in [4.69, 9.17) is 18.0 Å². The monoisotopic (exact) mass is 385 g/mol. The number of nitrogen functional groups attached to an aromatic ring is 1. The quantitative estimate of drug-likeness (QED) is 0.424.